The quantitative estimate of drug-likeness (QED) is 0.646. The van der Waals surface area contributed by atoms with Crippen LogP contribution in [-0.4, -0.2) is 49.7 Å². The number of ether oxygens (including phenoxy) is 3. The Morgan fingerprint density at radius 3 is 2.47 bits per heavy atom. The van der Waals surface area contributed by atoms with Crippen LogP contribution in [0.4, 0.5) is 0 Å². The van der Waals surface area contributed by atoms with Crippen LogP contribution in [0.5, 0.6) is 11.5 Å². The van der Waals surface area contributed by atoms with Crippen LogP contribution in [0.3, 0.4) is 0 Å². The summed E-state index contributed by atoms with van der Waals surface area (Å²) in [6, 6.07) is 14.5. The molecule has 0 saturated carbocycles. The molecule has 1 aliphatic heterocycles. The van der Waals surface area contributed by atoms with Gasteiger partial charge in [0.1, 0.15) is 18.1 Å². The van der Waals surface area contributed by atoms with Crippen LogP contribution in [0, 0.1) is 0 Å². The highest BCUT2D eigenvalue weighted by Gasteiger charge is 2.42. The van der Waals surface area contributed by atoms with Gasteiger partial charge in [0.25, 0.3) is 5.91 Å². The van der Waals surface area contributed by atoms with E-state index in [9.17, 15) is 9.59 Å². The standard InChI is InChI=1S/C25H32N2O5/c1-5-19(6-2)26-25(29)24-23(17-10-8-7-9-11-17)27(22(28)16-32-24)15-18-12-13-20(30-3)14-21(18)31-4/h7-14,19,23-24H,5-6,15-16H2,1-4H3,(H,26,29)/t23-,24+/m0/s1. The van der Waals surface area contributed by atoms with Crippen molar-refractivity contribution >= 4 is 11.8 Å². The molecule has 0 aliphatic carbocycles. The van der Waals surface area contributed by atoms with Crippen LogP contribution in [0.15, 0.2) is 48.5 Å². The van der Waals surface area contributed by atoms with Gasteiger partial charge in [-0.2, -0.15) is 0 Å². The van der Waals surface area contributed by atoms with Gasteiger partial charge in [0.05, 0.1) is 26.8 Å². The summed E-state index contributed by atoms with van der Waals surface area (Å²) in [5.41, 5.74) is 1.67. The Morgan fingerprint density at radius 2 is 1.84 bits per heavy atom. The van der Waals surface area contributed by atoms with Crippen LogP contribution in [0.1, 0.15) is 43.9 Å². The minimum atomic E-state index is -0.806. The summed E-state index contributed by atoms with van der Waals surface area (Å²) in [5, 5.41) is 3.08. The molecule has 0 unspecified atom stereocenters. The third-order valence-electron chi connectivity index (χ3n) is 5.90. The van der Waals surface area contributed by atoms with Crippen molar-refractivity contribution in [1.29, 1.82) is 0 Å². The molecule has 0 radical (unpaired) electrons. The van der Waals surface area contributed by atoms with Crippen LogP contribution in [-0.2, 0) is 20.9 Å². The number of hydrogen-bond donors (Lipinski definition) is 1. The summed E-state index contributed by atoms with van der Waals surface area (Å²) in [5.74, 6) is 0.907. The Bertz CT molecular complexity index is 914. The van der Waals surface area contributed by atoms with Crippen molar-refractivity contribution in [2.75, 3.05) is 20.8 Å². The molecule has 2 amide bonds. The zero-order valence-electron chi connectivity index (χ0n) is 19.2. The maximum atomic E-state index is 13.2. The maximum absolute atomic E-state index is 13.2. The highest BCUT2D eigenvalue weighted by molar-refractivity contribution is 5.86. The van der Waals surface area contributed by atoms with E-state index in [1.54, 1.807) is 25.2 Å². The van der Waals surface area contributed by atoms with E-state index in [1.165, 1.54) is 0 Å². The molecule has 0 bridgehead atoms. The van der Waals surface area contributed by atoms with E-state index in [4.69, 9.17) is 14.2 Å². The first-order valence-electron chi connectivity index (χ1n) is 11.0. The van der Waals surface area contributed by atoms with Crippen molar-refractivity contribution in [2.24, 2.45) is 0 Å². The molecule has 2 aromatic rings. The molecular formula is C25H32N2O5. The van der Waals surface area contributed by atoms with Crippen molar-refractivity contribution in [3.05, 3.63) is 59.7 Å². The number of nitrogens with one attached hydrogen (secondary N) is 1. The Morgan fingerprint density at radius 1 is 1.12 bits per heavy atom. The van der Waals surface area contributed by atoms with Crippen LogP contribution in [0.2, 0.25) is 0 Å². The molecule has 1 fully saturated rings. The Hall–Kier alpha value is -3.06. The number of benzene rings is 2. The lowest BCUT2D eigenvalue weighted by molar-refractivity contribution is -0.165. The van der Waals surface area contributed by atoms with Crippen molar-refractivity contribution < 1.29 is 23.8 Å². The van der Waals surface area contributed by atoms with E-state index < -0.39 is 12.1 Å². The van der Waals surface area contributed by atoms with Crippen LogP contribution < -0.4 is 14.8 Å². The van der Waals surface area contributed by atoms with Crippen molar-refractivity contribution in [2.45, 2.75) is 51.4 Å². The van der Waals surface area contributed by atoms with Gasteiger partial charge in [0.2, 0.25) is 5.91 Å². The van der Waals surface area contributed by atoms with Gasteiger partial charge in [-0.15, -0.1) is 0 Å². The minimum Gasteiger partial charge on any atom is -0.497 e. The van der Waals surface area contributed by atoms with Gasteiger partial charge in [-0.05, 0) is 30.5 Å². The number of rotatable bonds is 9. The second-order valence-corrected chi connectivity index (χ2v) is 7.81. The average Bonchev–Trinajstić information content (AvgIpc) is 2.84. The van der Waals surface area contributed by atoms with Gasteiger partial charge in [-0.25, -0.2) is 0 Å². The second-order valence-electron chi connectivity index (χ2n) is 7.81. The van der Waals surface area contributed by atoms with Crippen molar-refractivity contribution in [3.8, 4) is 11.5 Å². The summed E-state index contributed by atoms with van der Waals surface area (Å²) in [4.78, 5) is 27.9. The molecule has 3 rings (SSSR count). The highest BCUT2D eigenvalue weighted by atomic mass is 16.5. The molecule has 1 saturated heterocycles. The van der Waals surface area contributed by atoms with Gasteiger partial charge in [-0.1, -0.05) is 44.2 Å². The Kier molecular flexibility index (Phi) is 8.11. The SMILES string of the molecule is CCC(CC)NC(=O)[C@@H]1OCC(=O)N(Cc2ccc(OC)cc2OC)[C@H]1c1ccccc1. The normalized spacial score (nSPS) is 18.5. The van der Waals surface area contributed by atoms with E-state index in [-0.39, 0.29) is 31.0 Å². The summed E-state index contributed by atoms with van der Waals surface area (Å²) in [6.07, 6.45) is 0.854. The van der Waals surface area contributed by atoms with Gasteiger partial charge < -0.3 is 24.4 Å². The first-order valence-corrected chi connectivity index (χ1v) is 11.0. The molecule has 7 heteroatoms. The van der Waals surface area contributed by atoms with E-state index in [0.717, 1.165) is 24.0 Å². The monoisotopic (exact) mass is 440 g/mol. The Labute approximate surface area is 189 Å². The van der Waals surface area contributed by atoms with E-state index in [0.29, 0.717) is 11.5 Å². The molecule has 0 aromatic heterocycles. The fourth-order valence-electron chi connectivity index (χ4n) is 4.01. The number of amides is 2. The zero-order chi connectivity index (χ0) is 23.1. The number of hydrogen-bond acceptors (Lipinski definition) is 5. The highest BCUT2D eigenvalue weighted by Crippen LogP contribution is 2.34. The zero-order valence-corrected chi connectivity index (χ0v) is 19.2. The first-order chi connectivity index (χ1) is 15.5. The predicted octanol–water partition coefficient (Wildman–Crippen LogP) is 3.48. The number of carbonyl (C=O) groups excluding carboxylic acids is 2. The van der Waals surface area contributed by atoms with Crippen LogP contribution in [0.25, 0.3) is 0 Å². The molecule has 1 aliphatic rings. The summed E-state index contributed by atoms with van der Waals surface area (Å²) in [6.45, 7) is 4.21. The predicted molar refractivity (Wildman–Crippen MR) is 122 cm³/mol. The summed E-state index contributed by atoms with van der Waals surface area (Å²) in [7, 11) is 3.18. The van der Waals surface area contributed by atoms with Gasteiger partial charge in [0.15, 0.2) is 6.10 Å². The largest absolute Gasteiger partial charge is 0.497 e. The lowest BCUT2D eigenvalue weighted by Crippen LogP contribution is -2.55. The van der Waals surface area contributed by atoms with Gasteiger partial charge in [0, 0.05) is 17.7 Å². The maximum Gasteiger partial charge on any atom is 0.251 e. The topological polar surface area (TPSA) is 77.1 Å². The van der Waals surface area contributed by atoms with Crippen LogP contribution >= 0.6 is 0 Å². The molecule has 32 heavy (non-hydrogen) atoms. The first kappa shape index (κ1) is 23.6. The summed E-state index contributed by atoms with van der Waals surface area (Å²) >= 11 is 0. The number of morpholine rings is 1. The van der Waals surface area contributed by atoms with E-state index >= 15 is 0 Å². The van der Waals surface area contributed by atoms with E-state index in [2.05, 4.69) is 5.32 Å². The van der Waals surface area contributed by atoms with Gasteiger partial charge >= 0.3 is 0 Å². The Balaban J connectivity index is 1.97. The molecule has 1 heterocycles. The molecule has 1 N–H and O–H groups in total. The van der Waals surface area contributed by atoms with Crippen molar-refractivity contribution in [1.82, 2.24) is 10.2 Å². The molecule has 0 spiro atoms. The molecule has 2 aromatic carbocycles. The number of nitrogens with zero attached hydrogens (tertiary/aromatic N) is 1. The fraction of sp³-hybridized carbons (Fsp3) is 0.440. The third kappa shape index (κ3) is 5.22. The molecular weight excluding hydrogens is 408 g/mol. The van der Waals surface area contributed by atoms with E-state index in [1.807, 2.05) is 56.3 Å². The second kappa shape index (κ2) is 11.0. The summed E-state index contributed by atoms with van der Waals surface area (Å²) < 4.78 is 16.6. The molecule has 172 valence electrons. The smallest absolute Gasteiger partial charge is 0.251 e. The molecule has 2 atom stereocenters. The van der Waals surface area contributed by atoms with Crippen molar-refractivity contribution in [3.63, 3.8) is 0 Å². The van der Waals surface area contributed by atoms with Gasteiger partial charge in [-0.3, -0.25) is 9.59 Å². The average molecular weight is 441 g/mol. The third-order valence-corrected chi connectivity index (χ3v) is 5.90. The minimum absolute atomic E-state index is 0.0651. The lowest BCUT2D eigenvalue weighted by atomic mass is 9.95. The fourth-order valence-corrected chi connectivity index (χ4v) is 4.01. The number of methoxy groups -OCH3 is 2. The number of carbonyl (C=O) groups is 2. The molecule has 7 nitrogen and oxygen atoms in total. The lowest BCUT2D eigenvalue weighted by Gasteiger charge is -2.41.